The van der Waals surface area contributed by atoms with Crippen molar-refractivity contribution in [1.29, 1.82) is 0 Å². The van der Waals surface area contributed by atoms with Gasteiger partial charge in [-0.15, -0.1) is 0 Å². The van der Waals surface area contributed by atoms with E-state index in [2.05, 4.69) is 9.88 Å². The lowest BCUT2D eigenvalue weighted by Gasteiger charge is -2.32. The number of anilines is 1. The van der Waals surface area contributed by atoms with Crippen molar-refractivity contribution in [2.45, 2.75) is 12.8 Å². The van der Waals surface area contributed by atoms with E-state index in [9.17, 15) is 9.90 Å². The summed E-state index contributed by atoms with van der Waals surface area (Å²) in [5, 5.41) is 11.8. The number of carbonyl (C=O) groups is 1. The summed E-state index contributed by atoms with van der Waals surface area (Å²) < 4.78 is 0. The Morgan fingerprint density at radius 3 is 3.00 bits per heavy atom. The van der Waals surface area contributed by atoms with E-state index in [-0.39, 0.29) is 5.92 Å². The molecule has 1 aliphatic heterocycles. The van der Waals surface area contributed by atoms with Crippen molar-refractivity contribution in [3.8, 4) is 0 Å². The van der Waals surface area contributed by atoms with E-state index in [1.54, 1.807) is 6.20 Å². The maximum absolute atomic E-state index is 11.2. The zero-order valence-corrected chi connectivity index (χ0v) is 11.7. The quantitative estimate of drug-likeness (QED) is 0.923. The summed E-state index contributed by atoms with van der Waals surface area (Å²) in [6.45, 7) is 1.34. The number of benzene rings is 1. The summed E-state index contributed by atoms with van der Waals surface area (Å²) in [5.41, 5.74) is 0. The molecule has 4 nitrogen and oxygen atoms in total. The molecule has 0 radical (unpaired) electrons. The fourth-order valence-electron chi connectivity index (χ4n) is 2.78. The number of carboxylic acid groups (broad SMARTS) is 1. The fourth-order valence-corrected chi connectivity index (χ4v) is 3.01. The minimum Gasteiger partial charge on any atom is -0.481 e. The van der Waals surface area contributed by atoms with Crippen molar-refractivity contribution < 1.29 is 9.90 Å². The summed E-state index contributed by atoms with van der Waals surface area (Å²) in [7, 11) is 0. The molecule has 104 valence electrons. The molecule has 3 rings (SSSR count). The van der Waals surface area contributed by atoms with Crippen LogP contribution >= 0.6 is 11.6 Å². The highest BCUT2D eigenvalue weighted by Gasteiger charge is 2.26. The Labute approximate surface area is 122 Å². The third-order valence-corrected chi connectivity index (χ3v) is 4.13. The van der Waals surface area contributed by atoms with E-state index in [1.807, 2.05) is 24.3 Å². The summed E-state index contributed by atoms with van der Waals surface area (Å²) in [6, 6.07) is 7.62. The topological polar surface area (TPSA) is 53.4 Å². The minimum absolute atomic E-state index is 0.319. The van der Waals surface area contributed by atoms with Crippen LogP contribution in [0.2, 0.25) is 5.02 Å². The summed E-state index contributed by atoms with van der Waals surface area (Å²) in [4.78, 5) is 17.7. The van der Waals surface area contributed by atoms with Gasteiger partial charge in [0.15, 0.2) is 0 Å². The summed E-state index contributed by atoms with van der Waals surface area (Å²) >= 11 is 6.21. The van der Waals surface area contributed by atoms with Crippen LogP contribution in [0.5, 0.6) is 0 Å². The van der Waals surface area contributed by atoms with Gasteiger partial charge in [-0.2, -0.15) is 0 Å². The lowest BCUT2D eigenvalue weighted by atomic mass is 9.98. The number of pyridine rings is 1. The molecule has 0 bridgehead atoms. The Bertz CT molecular complexity index is 659. The van der Waals surface area contributed by atoms with E-state index in [4.69, 9.17) is 11.6 Å². The first kappa shape index (κ1) is 13.2. The Balaban J connectivity index is 2.02. The number of aliphatic carboxylic acids is 1. The van der Waals surface area contributed by atoms with E-state index in [0.29, 0.717) is 11.6 Å². The number of hydrogen-bond acceptors (Lipinski definition) is 3. The summed E-state index contributed by atoms with van der Waals surface area (Å²) in [6.07, 6.45) is 3.33. The van der Waals surface area contributed by atoms with Crippen molar-refractivity contribution in [2.24, 2.45) is 5.92 Å². The molecule has 1 aromatic heterocycles. The molecule has 20 heavy (non-hydrogen) atoms. The van der Waals surface area contributed by atoms with Gasteiger partial charge in [0, 0.05) is 35.1 Å². The van der Waals surface area contributed by atoms with Gasteiger partial charge in [-0.25, -0.2) is 4.98 Å². The monoisotopic (exact) mass is 290 g/mol. The standard InChI is InChI=1S/C15H15ClN2O2/c16-13-5-1-4-12-11(13)6-7-17-14(12)18-8-2-3-10(9-18)15(19)20/h1,4-7,10H,2-3,8-9H2,(H,19,20). The molecule has 1 unspecified atom stereocenters. The Morgan fingerprint density at radius 2 is 2.20 bits per heavy atom. The first-order chi connectivity index (χ1) is 9.66. The number of rotatable bonds is 2. The van der Waals surface area contributed by atoms with Gasteiger partial charge in [0.05, 0.1) is 5.92 Å². The highest BCUT2D eigenvalue weighted by molar-refractivity contribution is 6.35. The SMILES string of the molecule is O=C(O)C1CCCN(c2nccc3c(Cl)cccc23)C1. The van der Waals surface area contributed by atoms with Crippen LogP contribution in [0.25, 0.3) is 10.8 Å². The Kier molecular flexibility index (Phi) is 3.49. The molecule has 1 saturated heterocycles. The van der Waals surface area contributed by atoms with Crippen molar-refractivity contribution in [2.75, 3.05) is 18.0 Å². The predicted octanol–water partition coefficient (Wildman–Crippen LogP) is 3.19. The Morgan fingerprint density at radius 1 is 1.35 bits per heavy atom. The smallest absolute Gasteiger partial charge is 0.308 e. The third-order valence-electron chi connectivity index (χ3n) is 3.80. The molecular weight excluding hydrogens is 276 g/mol. The van der Waals surface area contributed by atoms with Gasteiger partial charge in [0.2, 0.25) is 0 Å². The number of aromatic nitrogens is 1. The minimum atomic E-state index is -0.729. The molecule has 1 N–H and O–H groups in total. The number of hydrogen-bond donors (Lipinski definition) is 1. The first-order valence-corrected chi connectivity index (χ1v) is 7.05. The van der Waals surface area contributed by atoms with Gasteiger partial charge >= 0.3 is 5.97 Å². The second kappa shape index (κ2) is 5.29. The van der Waals surface area contributed by atoms with E-state index >= 15 is 0 Å². The summed E-state index contributed by atoms with van der Waals surface area (Å²) in [5.74, 6) is -0.219. The van der Waals surface area contributed by atoms with Gasteiger partial charge in [0.1, 0.15) is 5.82 Å². The number of fused-ring (bicyclic) bond motifs is 1. The molecular formula is C15H15ClN2O2. The highest BCUT2D eigenvalue weighted by Crippen LogP contribution is 2.31. The second-order valence-corrected chi connectivity index (χ2v) is 5.50. The number of piperidine rings is 1. The predicted molar refractivity (Wildman–Crippen MR) is 79.3 cm³/mol. The van der Waals surface area contributed by atoms with Gasteiger partial charge in [-0.05, 0) is 25.0 Å². The average molecular weight is 291 g/mol. The largest absolute Gasteiger partial charge is 0.481 e. The molecule has 2 heterocycles. The average Bonchev–Trinajstić information content (AvgIpc) is 2.47. The van der Waals surface area contributed by atoms with Gasteiger partial charge < -0.3 is 10.0 Å². The van der Waals surface area contributed by atoms with E-state index in [0.717, 1.165) is 36.0 Å². The number of carboxylic acids is 1. The molecule has 1 aromatic carbocycles. The van der Waals surface area contributed by atoms with Gasteiger partial charge in [0.25, 0.3) is 0 Å². The van der Waals surface area contributed by atoms with E-state index in [1.165, 1.54) is 0 Å². The van der Waals surface area contributed by atoms with Crippen LogP contribution in [-0.2, 0) is 4.79 Å². The van der Waals surface area contributed by atoms with Crippen LogP contribution in [0.4, 0.5) is 5.82 Å². The molecule has 2 aromatic rings. The van der Waals surface area contributed by atoms with Crippen LogP contribution in [0, 0.1) is 5.92 Å². The zero-order valence-electron chi connectivity index (χ0n) is 10.9. The van der Waals surface area contributed by atoms with Crippen molar-refractivity contribution in [3.63, 3.8) is 0 Å². The molecule has 1 fully saturated rings. The fraction of sp³-hybridized carbons (Fsp3) is 0.333. The van der Waals surface area contributed by atoms with Crippen LogP contribution in [-0.4, -0.2) is 29.1 Å². The highest BCUT2D eigenvalue weighted by atomic mass is 35.5. The molecule has 0 saturated carbocycles. The lowest BCUT2D eigenvalue weighted by molar-refractivity contribution is -0.141. The van der Waals surface area contributed by atoms with Crippen LogP contribution in [0.1, 0.15) is 12.8 Å². The molecule has 1 atom stereocenters. The molecule has 1 aliphatic rings. The maximum Gasteiger partial charge on any atom is 0.308 e. The molecule has 0 amide bonds. The first-order valence-electron chi connectivity index (χ1n) is 6.68. The van der Waals surface area contributed by atoms with E-state index < -0.39 is 5.97 Å². The molecule has 0 aliphatic carbocycles. The van der Waals surface area contributed by atoms with Crippen molar-refractivity contribution in [3.05, 3.63) is 35.5 Å². The Hall–Kier alpha value is -1.81. The maximum atomic E-state index is 11.2. The van der Waals surface area contributed by atoms with Gasteiger partial charge in [-0.3, -0.25) is 4.79 Å². The van der Waals surface area contributed by atoms with Crippen molar-refractivity contribution in [1.82, 2.24) is 4.98 Å². The van der Waals surface area contributed by atoms with Crippen LogP contribution in [0.15, 0.2) is 30.5 Å². The number of halogens is 1. The van der Waals surface area contributed by atoms with Crippen LogP contribution in [0.3, 0.4) is 0 Å². The second-order valence-electron chi connectivity index (χ2n) is 5.09. The van der Waals surface area contributed by atoms with Crippen molar-refractivity contribution >= 4 is 34.2 Å². The lowest BCUT2D eigenvalue weighted by Crippen LogP contribution is -2.39. The van der Waals surface area contributed by atoms with Crippen LogP contribution < -0.4 is 4.90 Å². The zero-order chi connectivity index (χ0) is 14.1. The third kappa shape index (κ3) is 2.31. The molecule has 5 heteroatoms. The normalized spacial score (nSPS) is 19.2. The van der Waals surface area contributed by atoms with Gasteiger partial charge in [-0.1, -0.05) is 23.7 Å². The number of nitrogens with zero attached hydrogens (tertiary/aromatic N) is 2. The molecule has 0 spiro atoms.